The Morgan fingerprint density at radius 1 is 0.650 bits per heavy atom. The Balaban J connectivity index is 1.54. The Labute approximate surface area is 224 Å². The summed E-state index contributed by atoms with van der Waals surface area (Å²) < 4.78 is 20.5. The molecule has 1 aliphatic rings. The number of carbonyl (C=O) groups excluding carboxylic acids is 3. The van der Waals surface area contributed by atoms with Crippen LogP contribution in [-0.4, -0.2) is 73.0 Å². The van der Waals surface area contributed by atoms with E-state index in [1.165, 1.54) is 0 Å². The number of aromatic hydroxyl groups is 7. The zero-order valence-corrected chi connectivity index (χ0v) is 20.4. The molecule has 0 spiro atoms. The Bertz CT molecular complexity index is 1470. The molecule has 40 heavy (non-hydrogen) atoms. The van der Waals surface area contributed by atoms with Crippen LogP contribution in [0.3, 0.4) is 0 Å². The molecule has 4 rings (SSSR count). The summed E-state index contributed by atoms with van der Waals surface area (Å²) in [6, 6.07) is 4.85. The molecule has 0 radical (unpaired) electrons. The van der Waals surface area contributed by atoms with Gasteiger partial charge in [-0.15, -0.1) is 0 Å². The predicted molar refractivity (Wildman–Crippen MR) is 130 cm³/mol. The minimum atomic E-state index is -1.29. The van der Waals surface area contributed by atoms with Crippen LogP contribution in [0.5, 0.6) is 51.7 Å². The molecular formula is C26H22O14. The van der Waals surface area contributed by atoms with Gasteiger partial charge in [-0.05, 0) is 49.2 Å². The second-order valence-corrected chi connectivity index (χ2v) is 8.56. The van der Waals surface area contributed by atoms with Gasteiger partial charge in [0.15, 0.2) is 40.2 Å². The van der Waals surface area contributed by atoms with Gasteiger partial charge in [0, 0.05) is 6.61 Å². The lowest BCUT2D eigenvalue weighted by molar-refractivity contribution is 0.0160. The average Bonchev–Trinajstić information content (AvgIpc) is 3.44. The van der Waals surface area contributed by atoms with Crippen LogP contribution in [0.1, 0.15) is 43.9 Å². The van der Waals surface area contributed by atoms with Crippen LogP contribution in [0.25, 0.3) is 0 Å². The summed E-state index contributed by atoms with van der Waals surface area (Å²) in [6.45, 7) is 0.493. The quantitative estimate of drug-likeness (QED) is 0.125. The minimum absolute atomic E-state index is 0.0484. The molecule has 0 amide bonds. The van der Waals surface area contributed by atoms with Crippen LogP contribution >= 0.6 is 0 Å². The van der Waals surface area contributed by atoms with Crippen molar-refractivity contribution in [3.8, 4) is 51.7 Å². The normalized spacial score (nSPS) is 14.4. The van der Waals surface area contributed by atoms with Gasteiger partial charge in [-0.25, -0.2) is 14.4 Å². The molecule has 1 fully saturated rings. The number of benzene rings is 3. The number of ether oxygens (including phenoxy) is 4. The van der Waals surface area contributed by atoms with Gasteiger partial charge in [-0.1, -0.05) is 0 Å². The molecule has 0 saturated carbocycles. The summed E-state index contributed by atoms with van der Waals surface area (Å²) in [5.41, 5.74) is -1.25. The fraction of sp³-hybridized carbons (Fsp3) is 0.192. The van der Waals surface area contributed by atoms with Crippen molar-refractivity contribution in [3.05, 3.63) is 53.1 Å². The number of hydrogen-bond acceptors (Lipinski definition) is 14. The Morgan fingerprint density at radius 2 is 1.07 bits per heavy atom. The SMILES string of the molecule is O=C(OC[C@@H]1CCCO1)c1cc(O)c(O)c(OC(=O)c2cc(O)c(O)c(OC(=O)c3cc(O)c(O)c(O)c3)c2)c1. The maximum Gasteiger partial charge on any atom is 0.343 e. The van der Waals surface area contributed by atoms with E-state index < -0.39 is 80.8 Å². The van der Waals surface area contributed by atoms with E-state index in [0.717, 1.165) is 42.8 Å². The molecule has 7 N–H and O–H groups in total. The van der Waals surface area contributed by atoms with Crippen LogP contribution < -0.4 is 9.47 Å². The van der Waals surface area contributed by atoms with Crippen molar-refractivity contribution < 1.29 is 69.1 Å². The van der Waals surface area contributed by atoms with Gasteiger partial charge in [0.2, 0.25) is 11.5 Å². The van der Waals surface area contributed by atoms with Gasteiger partial charge < -0.3 is 54.7 Å². The standard InChI is InChI=1S/C26H22O14/c27-15-4-11(5-16(28)21(15)31)25(35)39-20-9-13(7-18(30)23(20)33)26(36)40-19-8-12(6-17(29)22(19)32)24(34)38-10-14-2-1-3-37-14/h4-9,14,27-33H,1-3,10H2/t14-/m0/s1. The van der Waals surface area contributed by atoms with E-state index in [1.54, 1.807) is 0 Å². The molecule has 3 aromatic carbocycles. The summed E-state index contributed by atoms with van der Waals surface area (Å²) in [5, 5.41) is 68.9. The minimum Gasteiger partial charge on any atom is -0.504 e. The van der Waals surface area contributed by atoms with Crippen LogP contribution in [-0.2, 0) is 9.47 Å². The first-order chi connectivity index (χ1) is 18.9. The number of esters is 3. The summed E-state index contributed by atoms with van der Waals surface area (Å²) in [5.74, 6) is -11.0. The molecule has 1 heterocycles. The molecule has 210 valence electrons. The van der Waals surface area contributed by atoms with Crippen molar-refractivity contribution >= 4 is 17.9 Å². The van der Waals surface area contributed by atoms with Crippen molar-refractivity contribution in [1.82, 2.24) is 0 Å². The van der Waals surface area contributed by atoms with E-state index in [-0.39, 0.29) is 18.3 Å². The smallest absolute Gasteiger partial charge is 0.343 e. The van der Waals surface area contributed by atoms with Gasteiger partial charge in [0.25, 0.3) is 0 Å². The summed E-state index contributed by atoms with van der Waals surface area (Å²) in [7, 11) is 0. The largest absolute Gasteiger partial charge is 0.504 e. The maximum atomic E-state index is 12.8. The molecule has 0 unspecified atom stereocenters. The lowest BCUT2D eigenvalue weighted by Gasteiger charge is -2.13. The monoisotopic (exact) mass is 558 g/mol. The van der Waals surface area contributed by atoms with E-state index in [0.29, 0.717) is 13.0 Å². The molecule has 0 bridgehead atoms. The van der Waals surface area contributed by atoms with Gasteiger partial charge >= 0.3 is 17.9 Å². The zero-order chi connectivity index (χ0) is 29.1. The first-order valence-electron chi connectivity index (χ1n) is 11.5. The van der Waals surface area contributed by atoms with Crippen molar-refractivity contribution in [1.29, 1.82) is 0 Å². The molecule has 3 aromatic rings. The van der Waals surface area contributed by atoms with Crippen LogP contribution in [0.15, 0.2) is 36.4 Å². The highest BCUT2D eigenvalue weighted by molar-refractivity contribution is 5.96. The number of rotatable bonds is 7. The van der Waals surface area contributed by atoms with E-state index in [2.05, 4.69) is 0 Å². The van der Waals surface area contributed by atoms with Crippen LogP contribution in [0, 0.1) is 0 Å². The Hall–Kier alpha value is -5.37. The third-order valence-corrected chi connectivity index (χ3v) is 5.72. The van der Waals surface area contributed by atoms with Crippen molar-refractivity contribution in [3.63, 3.8) is 0 Å². The molecule has 0 aliphatic carbocycles. The molecular weight excluding hydrogens is 536 g/mol. The van der Waals surface area contributed by atoms with Gasteiger partial charge in [0.05, 0.1) is 22.8 Å². The number of phenolic OH excluding ortho intramolecular Hbond substituents is 7. The molecule has 0 aromatic heterocycles. The lowest BCUT2D eigenvalue weighted by atomic mass is 10.1. The fourth-order valence-electron chi connectivity index (χ4n) is 3.64. The molecule has 1 atom stereocenters. The molecule has 14 heteroatoms. The van der Waals surface area contributed by atoms with E-state index in [1.807, 2.05) is 0 Å². The first kappa shape index (κ1) is 27.7. The molecule has 1 aliphatic heterocycles. The number of hydrogen-bond donors (Lipinski definition) is 7. The summed E-state index contributed by atoms with van der Waals surface area (Å²) in [6.07, 6.45) is 1.25. The zero-order valence-electron chi connectivity index (χ0n) is 20.4. The Kier molecular flexibility index (Phi) is 7.72. The maximum absolute atomic E-state index is 12.8. The lowest BCUT2D eigenvalue weighted by Crippen LogP contribution is -2.18. The summed E-state index contributed by atoms with van der Waals surface area (Å²) >= 11 is 0. The van der Waals surface area contributed by atoms with Crippen LogP contribution in [0.4, 0.5) is 0 Å². The Morgan fingerprint density at radius 3 is 1.52 bits per heavy atom. The third-order valence-electron chi connectivity index (χ3n) is 5.72. The second-order valence-electron chi connectivity index (χ2n) is 8.56. The molecule has 14 nitrogen and oxygen atoms in total. The highest BCUT2D eigenvalue weighted by Gasteiger charge is 2.24. The highest BCUT2D eigenvalue weighted by atomic mass is 16.6. The number of phenols is 7. The van der Waals surface area contributed by atoms with Crippen molar-refractivity contribution in [2.24, 2.45) is 0 Å². The van der Waals surface area contributed by atoms with Crippen LogP contribution in [0.2, 0.25) is 0 Å². The second kappa shape index (κ2) is 11.2. The first-order valence-corrected chi connectivity index (χ1v) is 11.5. The van der Waals surface area contributed by atoms with Gasteiger partial charge in [-0.3, -0.25) is 0 Å². The van der Waals surface area contributed by atoms with E-state index in [4.69, 9.17) is 18.9 Å². The average molecular weight is 558 g/mol. The molecule has 1 saturated heterocycles. The topological polar surface area (TPSA) is 230 Å². The van der Waals surface area contributed by atoms with Gasteiger partial charge in [0.1, 0.15) is 6.61 Å². The van der Waals surface area contributed by atoms with Crippen molar-refractivity contribution in [2.75, 3.05) is 13.2 Å². The predicted octanol–water partition coefficient (Wildman–Crippen LogP) is 2.40. The fourth-order valence-corrected chi connectivity index (χ4v) is 3.64. The van der Waals surface area contributed by atoms with Gasteiger partial charge in [-0.2, -0.15) is 0 Å². The van der Waals surface area contributed by atoms with Crippen molar-refractivity contribution in [2.45, 2.75) is 18.9 Å². The summed E-state index contributed by atoms with van der Waals surface area (Å²) in [4.78, 5) is 37.6. The number of carbonyl (C=O) groups is 3. The van der Waals surface area contributed by atoms with E-state index in [9.17, 15) is 50.1 Å². The van der Waals surface area contributed by atoms with E-state index >= 15 is 0 Å². The highest BCUT2D eigenvalue weighted by Crippen LogP contribution is 2.40. The third kappa shape index (κ3) is 5.86.